The molecular formula is C28H29N. The van der Waals surface area contributed by atoms with E-state index in [2.05, 4.69) is 93.6 Å². The molecule has 146 valence electrons. The van der Waals surface area contributed by atoms with Crippen LogP contribution < -0.4 is 5.73 Å². The lowest BCUT2D eigenvalue weighted by Gasteiger charge is -2.38. The predicted molar refractivity (Wildman–Crippen MR) is 125 cm³/mol. The van der Waals surface area contributed by atoms with Gasteiger partial charge in [0.25, 0.3) is 0 Å². The summed E-state index contributed by atoms with van der Waals surface area (Å²) in [6, 6.07) is 26.8. The fourth-order valence-electron chi connectivity index (χ4n) is 5.11. The molecule has 0 aromatic heterocycles. The SMILES string of the molecule is CC(C)(C)c1ccc(C2(N)CCCc3ccc4c(ccc5ccccc54)c32)cc1. The molecule has 0 aliphatic heterocycles. The molecule has 0 fully saturated rings. The quantitative estimate of drug-likeness (QED) is 0.360. The lowest BCUT2D eigenvalue weighted by atomic mass is 9.70. The van der Waals surface area contributed by atoms with Crippen molar-refractivity contribution in [2.24, 2.45) is 5.73 Å². The molecule has 0 heterocycles. The Bertz CT molecular complexity index is 1210. The second kappa shape index (κ2) is 6.43. The molecule has 4 aromatic rings. The van der Waals surface area contributed by atoms with E-state index < -0.39 is 5.54 Å². The van der Waals surface area contributed by atoms with Crippen molar-refractivity contribution >= 4 is 21.5 Å². The number of hydrogen-bond donors (Lipinski definition) is 1. The maximum atomic E-state index is 7.26. The number of fused-ring (bicyclic) bond motifs is 5. The molecule has 0 amide bonds. The third kappa shape index (κ3) is 2.88. The Kier molecular flexibility index (Phi) is 4.08. The number of hydrogen-bond acceptors (Lipinski definition) is 1. The normalized spacial score (nSPS) is 19.4. The fraction of sp³-hybridized carbons (Fsp3) is 0.286. The van der Waals surface area contributed by atoms with Crippen LogP contribution >= 0.6 is 0 Å². The fourth-order valence-corrected chi connectivity index (χ4v) is 5.11. The molecule has 5 rings (SSSR count). The van der Waals surface area contributed by atoms with Crippen LogP contribution in [-0.2, 0) is 17.4 Å². The molecule has 0 saturated carbocycles. The van der Waals surface area contributed by atoms with Crippen LogP contribution in [-0.4, -0.2) is 0 Å². The van der Waals surface area contributed by atoms with Gasteiger partial charge in [0, 0.05) is 0 Å². The van der Waals surface area contributed by atoms with Gasteiger partial charge in [-0.15, -0.1) is 0 Å². The van der Waals surface area contributed by atoms with Gasteiger partial charge in [-0.25, -0.2) is 0 Å². The highest BCUT2D eigenvalue weighted by molar-refractivity contribution is 6.09. The van der Waals surface area contributed by atoms with Crippen molar-refractivity contribution in [1.29, 1.82) is 0 Å². The molecule has 1 atom stereocenters. The first-order valence-electron chi connectivity index (χ1n) is 10.7. The van der Waals surface area contributed by atoms with Crippen molar-refractivity contribution in [3.63, 3.8) is 0 Å². The maximum absolute atomic E-state index is 7.26. The van der Waals surface area contributed by atoms with Crippen LogP contribution in [0.3, 0.4) is 0 Å². The van der Waals surface area contributed by atoms with Gasteiger partial charge >= 0.3 is 0 Å². The largest absolute Gasteiger partial charge is 0.318 e. The van der Waals surface area contributed by atoms with Crippen LogP contribution in [0.4, 0.5) is 0 Å². The Morgan fingerprint density at radius 1 is 0.759 bits per heavy atom. The summed E-state index contributed by atoms with van der Waals surface area (Å²) in [5.74, 6) is 0. The molecule has 0 saturated heterocycles. The Morgan fingerprint density at radius 3 is 2.24 bits per heavy atom. The van der Waals surface area contributed by atoms with Gasteiger partial charge in [-0.05, 0) is 68.5 Å². The van der Waals surface area contributed by atoms with Crippen molar-refractivity contribution in [3.8, 4) is 0 Å². The topological polar surface area (TPSA) is 26.0 Å². The second-order valence-corrected chi connectivity index (χ2v) is 9.63. The van der Waals surface area contributed by atoms with Gasteiger partial charge in [0.15, 0.2) is 0 Å². The van der Waals surface area contributed by atoms with Gasteiger partial charge < -0.3 is 5.73 Å². The minimum absolute atomic E-state index is 0.149. The van der Waals surface area contributed by atoms with Gasteiger partial charge in [0.05, 0.1) is 5.54 Å². The number of rotatable bonds is 1. The molecule has 1 aliphatic carbocycles. The van der Waals surface area contributed by atoms with E-state index in [4.69, 9.17) is 5.73 Å². The molecule has 1 unspecified atom stereocenters. The first-order chi connectivity index (χ1) is 13.9. The molecular weight excluding hydrogens is 350 g/mol. The molecule has 1 nitrogen and oxygen atoms in total. The van der Waals surface area contributed by atoms with Crippen molar-refractivity contribution in [2.75, 3.05) is 0 Å². The molecule has 4 aromatic carbocycles. The van der Waals surface area contributed by atoms with E-state index in [1.807, 2.05) is 0 Å². The molecule has 0 radical (unpaired) electrons. The van der Waals surface area contributed by atoms with Gasteiger partial charge in [-0.2, -0.15) is 0 Å². The maximum Gasteiger partial charge on any atom is 0.0674 e. The highest BCUT2D eigenvalue weighted by Gasteiger charge is 2.36. The van der Waals surface area contributed by atoms with Crippen LogP contribution in [0.25, 0.3) is 21.5 Å². The monoisotopic (exact) mass is 379 g/mol. The molecule has 1 heteroatoms. The standard InChI is InChI=1S/C28H29N/c1-27(2,3)21-12-14-22(15-13-21)28(29)18-6-8-20-11-16-24-23-9-5-4-7-19(23)10-17-25(24)26(20)28/h4-5,7,9-17H,6,8,18,29H2,1-3H3. The van der Waals surface area contributed by atoms with E-state index in [1.165, 1.54) is 43.8 Å². The summed E-state index contributed by atoms with van der Waals surface area (Å²) >= 11 is 0. The van der Waals surface area contributed by atoms with E-state index in [9.17, 15) is 0 Å². The lowest BCUT2D eigenvalue weighted by Crippen LogP contribution is -2.41. The summed E-state index contributed by atoms with van der Waals surface area (Å²) in [5.41, 5.74) is 12.3. The van der Waals surface area contributed by atoms with E-state index in [-0.39, 0.29) is 5.41 Å². The summed E-state index contributed by atoms with van der Waals surface area (Å²) in [5, 5.41) is 5.21. The third-order valence-corrected chi connectivity index (χ3v) is 6.74. The van der Waals surface area contributed by atoms with E-state index in [0.29, 0.717) is 0 Å². The van der Waals surface area contributed by atoms with Crippen LogP contribution in [0.15, 0.2) is 72.8 Å². The zero-order chi connectivity index (χ0) is 20.2. The van der Waals surface area contributed by atoms with Crippen LogP contribution in [0.5, 0.6) is 0 Å². The molecule has 0 bridgehead atoms. The van der Waals surface area contributed by atoms with Gasteiger partial charge in [0.2, 0.25) is 0 Å². The Labute approximate surface area is 173 Å². The smallest absolute Gasteiger partial charge is 0.0674 e. The first kappa shape index (κ1) is 18.4. The van der Waals surface area contributed by atoms with E-state index >= 15 is 0 Å². The predicted octanol–water partition coefficient (Wildman–Crippen LogP) is 6.83. The van der Waals surface area contributed by atoms with Crippen LogP contribution in [0.2, 0.25) is 0 Å². The number of nitrogens with two attached hydrogens (primary N) is 1. The van der Waals surface area contributed by atoms with Crippen LogP contribution in [0.1, 0.15) is 55.9 Å². The lowest BCUT2D eigenvalue weighted by molar-refractivity contribution is 0.446. The Morgan fingerprint density at radius 2 is 1.48 bits per heavy atom. The van der Waals surface area contributed by atoms with E-state index in [1.54, 1.807) is 0 Å². The zero-order valence-electron chi connectivity index (χ0n) is 17.6. The zero-order valence-corrected chi connectivity index (χ0v) is 17.6. The summed E-state index contributed by atoms with van der Waals surface area (Å²) in [4.78, 5) is 0. The second-order valence-electron chi connectivity index (χ2n) is 9.63. The molecule has 29 heavy (non-hydrogen) atoms. The van der Waals surface area contributed by atoms with Crippen molar-refractivity contribution < 1.29 is 0 Å². The number of aryl methyl sites for hydroxylation is 1. The van der Waals surface area contributed by atoms with Gasteiger partial charge in [0.1, 0.15) is 0 Å². The first-order valence-corrected chi connectivity index (χ1v) is 10.7. The van der Waals surface area contributed by atoms with Crippen LogP contribution in [0, 0.1) is 0 Å². The minimum atomic E-state index is -0.439. The summed E-state index contributed by atoms with van der Waals surface area (Å²) in [6.07, 6.45) is 3.22. The Balaban J connectivity index is 1.75. The minimum Gasteiger partial charge on any atom is -0.318 e. The molecule has 2 N–H and O–H groups in total. The van der Waals surface area contributed by atoms with Gasteiger partial charge in [-0.3, -0.25) is 0 Å². The average Bonchev–Trinajstić information content (AvgIpc) is 2.73. The van der Waals surface area contributed by atoms with E-state index in [0.717, 1.165) is 19.3 Å². The average molecular weight is 380 g/mol. The van der Waals surface area contributed by atoms with Crippen molar-refractivity contribution in [3.05, 3.63) is 95.1 Å². The Hall–Kier alpha value is -2.64. The highest BCUT2D eigenvalue weighted by atomic mass is 14.8. The number of benzene rings is 4. The summed E-state index contributed by atoms with van der Waals surface area (Å²) < 4.78 is 0. The molecule has 1 aliphatic rings. The van der Waals surface area contributed by atoms with Crippen molar-refractivity contribution in [1.82, 2.24) is 0 Å². The molecule has 0 spiro atoms. The third-order valence-electron chi connectivity index (χ3n) is 6.74. The highest BCUT2D eigenvalue weighted by Crippen LogP contribution is 2.44. The van der Waals surface area contributed by atoms with Gasteiger partial charge in [-0.1, -0.05) is 93.6 Å². The van der Waals surface area contributed by atoms with Crippen molar-refractivity contribution in [2.45, 2.75) is 51.0 Å². The summed E-state index contributed by atoms with van der Waals surface area (Å²) in [6.45, 7) is 6.78. The summed E-state index contributed by atoms with van der Waals surface area (Å²) in [7, 11) is 0.